The minimum atomic E-state index is -0.632. The van der Waals surface area contributed by atoms with E-state index in [1.807, 2.05) is 24.3 Å². The second-order valence-electron chi connectivity index (χ2n) is 4.15. The summed E-state index contributed by atoms with van der Waals surface area (Å²) < 4.78 is 0. The van der Waals surface area contributed by atoms with Gasteiger partial charge in [0.1, 0.15) is 0 Å². The Morgan fingerprint density at radius 3 is 2.94 bits per heavy atom. The molecule has 1 unspecified atom stereocenters. The molecule has 4 nitrogen and oxygen atoms in total. The first-order valence-electron chi connectivity index (χ1n) is 5.42. The van der Waals surface area contributed by atoms with E-state index in [1.54, 1.807) is 0 Å². The molecule has 1 aromatic rings. The van der Waals surface area contributed by atoms with Crippen molar-refractivity contribution in [1.82, 2.24) is 5.32 Å². The van der Waals surface area contributed by atoms with E-state index in [4.69, 9.17) is 5.73 Å². The average Bonchev–Trinajstić information content (AvgIpc) is 2.69. The first kappa shape index (κ1) is 11.1. The van der Waals surface area contributed by atoms with Gasteiger partial charge in [0.05, 0.1) is 18.7 Å². The highest BCUT2D eigenvalue weighted by Crippen LogP contribution is 2.36. The molecule has 86 valence electrons. The maximum absolute atomic E-state index is 11.4. The Morgan fingerprint density at radius 2 is 2.25 bits per heavy atom. The normalized spacial score (nSPS) is 22.9. The molecule has 4 heteroatoms. The first-order chi connectivity index (χ1) is 7.72. The van der Waals surface area contributed by atoms with Crippen LogP contribution in [0.1, 0.15) is 17.5 Å². The maximum Gasteiger partial charge on any atom is 0.234 e. The molecule has 1 aromatic carbocycles. The summed E-state index contributed by atoms with van der Waals surface area (Å²) in [6.45, 7) is -0.139. The molecule has 0 aromatic heterocycles. The van der Waals surface area contributed by atoms with Crippen LogP contribution >= 0.6 is 0 Å². The second kappa shape index (κ2) is 4.23. The molecule has 0 heterocycles. The first-order valence-corrected chi connectivity index (χ1v) is 5.42. The van der Waals surface area contributed by atoms with E-state index in [2.05, 4.69) is 5.32 Å². The molecule has 0 saturated carbocycles. The van der Waals surface area contributed by atoms with Crippen molar-refractivity contribution in [2.75, 3.05) is 13.2 Å². The third kappa shape index (κ3) is 1.70. The SMILES string of the molecule is NCC(=O)NC1(CO)CCc2ccccc21. The summed E-state index contributed by atoms with van der Waals surface area (Å²) in [7, 11) is 0. The van der Waals surface area contributed by atoms with Crippen LogP contribution in [0.15, 0.2) is 24.3 Å². The molecule has 0 spiro atoms. The van der Waals surface area contributed by atoms with Gasteiger partial charge in [-0.1, -0.05) is 24.3 Å². The number of carbonyl (C=O) groups is 1. The number of hydrogen-bond donors (Lipinski definition) is 3. The molecule has 0 bridgehead atoms. The van der Waals surface area contributed by atoms with E-state index >= 15 is 0 Å². The van der Waals surface area contributed by atoms with E-state index in [-0.39, 0.29) is 19.1 Å². The molecule has 1 aliphatic carbocycles. The largest absolute Gasteiger partial charge is 0.394 e. The Morgan fingerprint density at radius 1 is 1.50 bits per heavy atom. The Balaban J connectivity index is 2.34. The number of hydrogen-bond acceptors (Lipinski definition) is 3. The fraction of sp³-hybridized carbons (Fsp3) is 0.417. The van der Waals surface area contributed by atoms with Crippen molar-refractivity contribution in [1.29, 1.82) is 0 Å². The fourth-order valence-corrected chi connectivity index (χ4v) is 2.34. The van der Waals surface area contributed by atoms with E-state index in [1.165, 1.54) is 5.56 Å². The zero-order chi connectivity index (χ0) is 11.6. The predicted molar refractivity (Wildman–Crippen MR) is 60.7 cm³/mol. The van der Waals surface area contributed by atoms with Crippen LogP contribution in [0.2, 0.25) is 0 Å². The number of nitrogens with one attached hydrogen (secondary N) is 1. The number of benzene rings is 1. The van der Waals surface area contributed by atoms with Gasteiger partial charge in [-0.2, -0.15) is 0 Å². The quantitative estimate of drug-likeness (QED) is 0.665. The molecular weight excluding hydrogens is 204 g/mol. The van der Waals surface area contributed by atoms with Gasteiger partial charge in [-0.3, -0.25) is 4.79 Å². The Labute approximate surface area is 94.5 Å². The van der Waals surface area contributed by atoms with Crippen molar-refractivity contribution in [2.45, 2.75) is 18.4 Å². The van der Waals surface area contributed by atoms with Crippen molar-refractivity contribution >= 4 is 5.91 Å². The van der Waals surface area contributed by atoms with Gasteiger partial charge in [0.15, 0.2) is 0 Å². The van der Waals surface area contributed by atoms with E-state index in [9.17, 15) is 9.90 Å². The van der Waals surface area contributed by atoms with Gasteiger partial charge < -0.3 is 16.2 Å². The van der Waals surface area contributed by atoms with Gasteiger partial charge in [0.25, 0.3) is 0 Å². The second-order valence-corrected chi connectivity index (χ2v) is 4.15. The molecule has 0 fully saturated rings. The van der Waals surface area contributed by atoms with Crippen LogP contribution in [-0.2, 0) is 16.8 Å². The lowest BCUT2D eigenvalue weighted by molar-refractivity contribution is -0.122. The smallest absolute Gasteiger partial charge is 0.234 e. The number of fused-ring (bicyclic) bond motifs is 1. The number of rotatable bonds is 3. The molecule has 1 atom stereocenters. The minimum Gasteiger partial charge on any atom is -0.394 e. The topological polar surface area (TPSA) is 75.4 Å². The van der Waals surface area contributed by atoms with Gasteiger partial charge in [-0.25, -0.2) is 0 Å². The molecule has 1 aliphatic rings. The minimum absolute atomic E-state index is 0.0517. The van der Waals surface area contributed by atoms with Crippen molar-refractivity contribution in [3.63, 3.8) is 0 Å². The molecule has 0 radical (unpaired) electrons. The van der Waals surface area contributed by atoms with Gasteiger partial charge in [0.2, 0.25) is 5.91 Å². The van der Waals surface area contributed by atoms with Crippen molar-refractivity contribution in [3.8, 4) is 0 Å². The highest BCUT2D eigenvalue weighted by Gasteiger charge is 2.38. The summed E-state index contributed by atoms with van der Waals surface area (Å²) in [4.78, 5) is 11.4. The summed E-state index contributed by atoms with van der Waals surface area (Å²) in [5.41, 5.74) is 6.86. The standard InChI is InChI=1S/C12H16N2O2/c13-7-11(16)14-12(8-15)6-5-9-3-1-2-4-10(9)12/h1-4,15H,5-8,13H2,(H,14,16). The highest BCUT2D eigenvalue weighted by molar-refractivity contribution is 5.79. The predicted octanol–water partition coefficient (Wildman–Crippen LogP) is -0.105. The molecule has 1 amide bonds. The lowest BCUT2D eigenvalue weighted by Crippen LogP contribution is -2.49. The Kier molecular flexibility index (Phi) is 2.94. The molecule has 0 saturated heterocycles. The van der Waals surface area contributed by atoms with Gasteiger partial charge in [-0.05, 0) is 24.0 Å². The molecule has 4 N–H and O–H groups in total. The van der Waals surface area contributed by atoms with E-state index < -0.39 is 5.54 Å². The summed E-state index contributed by atoms with van der Waals surface area (Å²) in [6, 6.07) is 7.87. The Bertz CT molecular complexity index is 406. The Hall–Kier alpha value is -1.39. The van der Waals surface area contributed by atoms with Crippen molar-refractivity contribution < 1.29 is 9.90 Å². The zero-order valence-electron chi connectivity index (χ0n) is 9.07. The molecule has 16 heavy (non-hydrogen) atoms. The molecule has 0 aliphatic heterocycles. The molecule has 2 rings (SSSR count). The van der Waals surface area contributed by atoms with Crippen LogP contribution in [0, 0.1) is 0 Å². The van der Waals surface area contributed by atoms with Crippen LogP contribution in [0.5, 0.6) is 0 Å². The number of nitrogens with two attached hydrogens (primary N) is 1. The van der Waals surface area contributed by atoms with Crippen LogP contribution < -0.4 is 11.1 Å². The van der Waals surface area contributed by atoms with Crippen LogP contribution in [0.25, 0.3) is 0 Å². The number of aryl methyl sites for hydroxylation is 1. The lowest BCUT2D eigenvalue weighted by atomic mass is 9.92. The van der Waals surface area contributed by atoms with Gasteiger partial charge >= 0.3 is 0 Å². The van der Waals surface area contributed by atoms with E-state index in [0.717, 1.165) is 18.4 Å². The summed E-state index contributed by atoms with van der Waals surface area (Å²) in [5, 5.41) is 12.4. The van der Waals surface area contributed by atoms with Crippen molar-refractivity contribution in [2.24, 2.45) is 5.73 Å². The number of aliphatic hydroxyl groups is 1. The number of carbonyl (C=O) groups excluding carboxylic acids is 1. The summed E-state index contributed by atoms with van der Waals surface area (Å²) >= 11 is 0. The number of aliphatic hydroxyl groups excluding tert-OH is 1. The summed E-state index contributed by atoms with van der Waals surface area (Å²) in [5.74, 6) is -0.231. The third-order valence-electron chi connectivity index (χ3n) is 3.19. The lowest BCUT2D eigenvalue weighted by Gasteiger charge is -2.29. The molecular formula is C12H16N2O2. The average molecular weight is 220 g/mol. The van der Waals surface area contributed by atoms with Crippen LogP contribution in [0.4, 0.5) is 0 Å². The fourth-order valence-electron chi connectivity index (χ4n) is 2.34. The van der Waals surface area contributed by atoms with Crippen LogP contribution in [0.3, 0.4) is 0 Å². The summed E-state index contributed by atoms with van der Waals surface area (Å²) in [6.07, 6.45) is 1.61. The third-order valence-corrected chi connectivity index (χ3v) is 3.19. The van der Waals surface area contributed by atoms with E-state index in [0.29, 0.717) is 0 Å². The van der Waals surface area contributed by atoms with Gasteiger partial charge in [-0.15, -0.1) is 0 Å². The monoisotopic (exact) mass is 220 g/mol. The highest BCUT2D eigenvalue weighted by atomic mass is 16.3. The van der Waals surface area contributed by atoms with Crippen LogP contribution in [-0.4, -0.2) is 24.2 Å². The zero-order valence-corrected chi connectivity index (χ0v) is 9.07. The van der Waals surface area contributed by atoms with Crippen molar-refractivity contribution in [3.05, 3.63) is 35.4 Å². The maximum atomic E-state index is 11.4. The number of amides is 1. The van der Waals surface area contributed by atoms with Gasteiger partial charge in [0, 0.05) is 0 Å².